The molecule has 0 spiro atoms. The first-order valence-electron chi connectivity index (χ1n) is 30.4. The number of carboxylic acid groups (broad SMARTS) is 1. The summed E-state index contributed by atoms with van der Waals surface area (Å²) in [5, 5.41) is 31.8. The molecule has 0 saturated heterocycles. The maximum absolute atomic E-state index is 12.8. The van der Waals surface area contributed by atoms with E-state index in [1.807, 2.05) is 30.3 Å². The number of nitrogens with one attached hydrogen (secondary N) is 8. The van der Waals surface area contributed by atoms with E-state index < -0.39 is 24.0 Å². The molecule has 17 heteroatoms. The van der Waals surface area contributed by atoms with Crippen molar-refractivity contribution < 1.29 is 43.5 Å². The smallest absolute Gasteiger partial charge is 0.325 e. The molecule has 442 valence electrons. The number of hydrogen-bond acceptors (Lipinski definition) is 9. The summed E-state index contributed by atoms with van der Waals surface area (Å²) in [5.41, 5.74) is 3.39. The maximum atomic E-state index is 12.8. The third-order valence-electron chi connectivity index (χ3n) is 18.3. The molecular formula is C62H100N8O9. The van der Waals surface area contributed by atoms with Crippen molar-refractivity contribution in [3.05, 3.63) is 47.5 Å². The summed E-state index contributed by atoms with van der Waals surface area (Å²) in [4.78, 5) is 98.3. The number of hydrogen-bond donors (Lipinski definition) is 9. The van der Waals surface area contributed by atoms with Crippen molar-refractivity contribution in [1.82, 2.24) is 42.5 Å². The van der Waals surface area contributed by atoms with Crippen LogP contribution >= 0.6 is 0 Å². The van der Waals surface area contributed by atoms with Crippen LogP contribution in [0.1, 0.15) is 188 Å². The molecule has 4 aliphatic carbocycles. The zero-order valence-corrected chi connectivity index (χ0v) is 48.9. The average Bonchev–Trinajstić information content (AvgIpc) is 4.07. The quantitative estimate of drug-likeness (QED) is 0.0245. The number of unbranched alkanes of at least 4 members (excludes halogenated alkanes) is 3. The Morgan fingerprint density at radius 2 is 1.15 bits per heavy atom. The van der Waals surface area contributed by atoms with Gasteiger partial charge in [-0.3, -0.25) is 38.4 Å². The van der Waals surface area contributed by atoms with Gasteiger partial charge in [-0.25, -0.2) is 0 Å². The van der Waals surface area contributed by atoms with Gasteiger partial charge in [-0.2, -0.15) is 0 Å². The van der Waals surface area contributed by atoms with Gasteiger partial charge in [0.15, 0.2) is 0 Å². The molecule has 3 saturated carbocycles. The van der Waals surface area contributed by atoms with E-state index in [1.54, 1.807) is 5.57 Å². The Kier molecular flexibility index (Phi) is 26.8. The number of carbonyl (C=O) groups is 8. The number of allylic oxidation sites excluding steroid dienone is 1. The topological polar surface area (TPSA) is 253 Å². The molecule has 0 radical (unpaired) electrons. The highest BCUT2D eigenvalue weighted by Gasteiger charge is 2.59. The minimum absolute atomic E-state index is 0.0285. The number of fused-ring (bicyclic) bond motifs is 5. The van der Waals surface area contributed by atoms with Crippen LogP contribution in [-0.4, -0.2) is 110 Å². The lowest BCUT2D eigenvalue weighted by atomic mass is 9.47. The van der Waals surface area contributed by atoms with Gasteiger partial charge in [0.05, 0.1) is 0 Å². The highest BCUT2D eigenvalue weighted by Crippen LogP contribution is 2.67. The fourth-order valence-electron chi connectivity index (χ4n) is 13.8. The summed E-state index contributed by atoms with van der Waals surface area (Å²) in [7, 11) is 0. The Hall–Kier alpha value is -5.32. The van der Waals surface area contributed by atoms with E-state index in [0.29, 0.717) is 49.1 Å². The Balaban J connectivity index is 0.813. The first kappa shape index (κ1) is 64.5. The first-order valence-corrected chi connectivity index (χ1v) is 30.4. The Morgan fingerprint density at radius 3 is 1.76 bits per heavy atom. The first-order chi connectivity index (χ1) is 37.8. The lowest BCUT2D eigenvalue weighted by Crippen LogP contribution is -2.51. The number of aliphatic carboxylic acids is 1. The Bertz CT molecular complexity index is 2190. The van der Waals surface area contributed by atoms with Crippen molar-refractivity contribution in [3.63, 3.8) is 0 Å². The number of amides is 7. The summed E-state index contributed by atoms with van der Waals surface area (Å²) < 4.78 is 0. The third kappa shape index (κ3) is 20.9. The molecule has 5 rings (SSSR count). The lowest BCUT2D eigenvalue weighted by molar-refractivity contribution is -0.141. The van der Waals surface area contributed by atoms with Gasteiger partial charge in [0, 0.05) is 83.7 Å². The number of rotatable bonds is 35. The molecule has 0 unspecified atom stereocenters. The van der Waals surface area contributed by atoms with Crippen molar-refractivity contribution in [3.8, 4) is 0 Å². The molecule has 0 bridgehead atoms. The van der Waals surface area contributed by atoms with Gasteiger partial charge >= 0.3 is 5.97 Å². The molecule has 3 fully saturated rings. The van der Waals surface area contributed by atoms with Gasteiger partial charge < -0.3 is 47.6 Å². The summed E-state index contributed by atoms with van der Waals surface area (Å²) in [6.07, 6.45) is 22.0. The van der Waals surface area contributed by atoms with Crippen LogP contribution < -0.4 is 42.5 Å². The largest absolute Gasteiger partial charge is 0.480 e. The molecule has 4 aliphatic rings. The van der Waals surface area contributed by atoms with Crippen LogP contribution in [0.25, 0.3) is 0 Å². The molecule has 0 heterocycles. The lowest BCUT2D eigenvalue weighted by Gasteiger charge is -2.58. The van der Waals surface area contributed by atoms with E-state index >= 15 is 0 Å². The third-order valence-corrected chi connectivity index (χ3v) is 18.3. The Morgan fingerprint density at radius 1 is 0.582 bits per heavy atom. The van der Waals surface area contributed by atoms with Gasteiger partial charge in [-0.15, -0.1) is 0 Å². The zero-order valence-electron chi connectivity index (χ0n) is 48.9. The normalized spacial score (nSPS) is 24.2. The van der Waals surface area contributed by atoms with Crippen LogP contribution in [0.2, 0.25) is 0 Å². The second-order valence-electron chi connectivity index (χ2n) is 24.6. The predicted octanol–water partition coefficient (Wildman–Crippen LogP) is 7.17. The second-order valence-corrected chi connectivity index (χ2v) is 24.6. The van der Waals surface area contributed by atoms with Gasteiger partial charge in [-0.05, 0) is 142 Å². The molecule has 0 aliphatic heterocycles. The van der Waals surface area contributed by atoms with Crippen molar-refractivity contribution >= 4 is 47.3 Å². The molecule has 17 nitrogen and oxygen atoms in total. The van der Waals surface area contributed by atoms with Gasteiger partial charge in [0.25, 0.3) is 0 Å². The number of carbonyl (C=O) groups excluding carboxylic acids is 7. The maximum Gasteiger partial charge on any atom is 0.325 e. The Labute approximate surface area is 472 Å². The molecule has 1 aromatic carbocycles. The van der Waals surface area contributed by atoms with E-state index in [4.69, 9.17) is 0 Å². The van der Waals surface area contributed by atoms with Gasteiger partial charge in [-0.1, -0.05) is 102 Å². The van der Waals surface area contributed by atoms with Crippen molar-refractivity contribution in [1.29, 1.82) is 0 Å². The van der Waals surface area contributed by atoms with Crippen LogP contribution in [0.5, 0.6) is 0 Å². The van der Waals surface area contributed by atoms with Crippen LogP contribution in [0, 0.1) is 46.3 Å². The van der Waals surface area contributed by atoms with E-state index in [-0.39, 0.29) is 100 Å². The molecule has 1 aromatic rings. The number of carboxylic acids is 1. The van der Waals surface area contributed by atoms with Crippen LogP contribution in [0.4, 0.5) is 0 Å². The summed E-state index contributed by atoms with van der Waals surface area (Å²) in [5.74, 6) is 1.80. The number of benzene rings is 1. The second kappa shape index (κ2) is 32.8. The minimum Gasteiger partial charge on any atom is -0.480 e. The molecule has 9 N–H and O–H groups in total. The molecule has 7 amide bonds. The van der Waals surface area contributed by atoms with Gasteiger partial charge in [0.2, 0.25) is 41.4 Å². The molecular weight excluding hydrogens is 1000 g/mol. The highest BCUT2D eigenvalue weighted by atomic mass is 16.4. The van der Waals surface area contributed by atoms with Gasteiger partial charge in [0.1, 0.15) is 12.1 Å². The molecule has 79 heavy (non-hydrogen) atoms. The van der Waals surface area contributed by atoms with Crippen LogP contribution in [0.15, 0.2) is 42.0 Å². The average molecular weight is 1100 g/mol. The zero-order chi connectivity index (χ0) is 57.4. The van der Waals surface area contributed by atoms with E-state index in [9.17, 15) is 43.5 Å². The summed E-state index contributed by atoms with van der Waals surface area (Å²) in [6, 6.07) is 7.57. The van der Waals surface area contributed by atoms with Crippen molar-refractivity contribution in [2.45, 2.75) is 207 Å². The van der Waals surface area contributed by atoms with E-state index in [0.717, 1.165) is 66.9 Å². The standard InChI is InChI=1S/C62H100N8O9/c1-42(2)16-15-17-43(3)49-24-25-50-48-23-22-46-41-47(26-32-61(46,5)51(48)27-33-62(49,50)6)63-34-14-12-20-53(71)65-36-29-55(73)67-38-31-57(75)68-39-30-56(74)66-37-28-54(72)64-35-13-8-11-21-58(76)70-52(40-45-18-9-7-10-19-45)59(77)69-44(4)60(78)79/h7,9-10,18-19,22,42-44,47-52,63H,8,11-17,20-21,23-41H2,1-6H3,(H,64,72)(H,65,71)(H,66,74)(H,67,73)(H,68,75)(H,69,77)(H,70,76)(H,78,79)/t43-,44-,47+,48+,49-,50+,51+,52-,61+,62-/m1/s1. The summed E-state index contributed by atoms with van der Waals surface area (Å²) >= 11 is 0. The molecule has 0 aromatic heterocycles. The fourth-order valence-corrected chi connectivity index (χ4v) is 13.8. The molecule has 10 atom stereocenters. The monoisotopic (exact) mass is 1100 g/mol. The van der Waals surface area contributed by atoms with Crippen LogP contribution in [0.3, 0.4) is 0 Å². The summed E-state index contributed by atoms with van der Waals surface area (Å²) in [6.45, 7) is 15.8. The fraction of sp³-hybridized carbons (Fsp3) is 0.742. The van der Waals surface area contributed by atoms with Crippen molar-refractivity contribution in [2.24, 2.45) is 46.3 Å². The highest BCUT2D eigenvalue weighted by molar-refractivity contribution is 5.90. The predicted molar refractivity (Wildman–Crippen MR) is 308 cm³/mol. The van der Waals surface area contributed by atoms with Crippen molar-refractivity contribution in [2.75, 3.05) is 39.3 Å². The SMILES string of the molecule is CC(C)CCC[C@@H](C)[C@H]1CC[C@H]2[C@@H]3CC=C4C[C@@H](NCCCCC(=O)NCCC(=O)NCCC(=O)NCCC(=O)NCCC(=O)NCCCCCC(=O)N[C@H](Cc5ccccc5)C(=O)N[C@H](C)C(=O)O)CC[C@]4(C)[C@H]3CC[C@]12C. The van der Waals surface area contributed by atoms with Crippen LogP contribution in [-0.2, 0) is 44.8 Å². The van der Waals surface area contributed by atoms with E-state index in [1.165, 1.54) is 71.1 Å². The van der Waals surface area contributed by atoms with E-state index in [2.05, 4.69) is 83.2 Å². The minimum atomic E-state index is -1.18.